The maximum Gasteiger partial charge on any atom is 0.269 e. The van der Waals surface area contributed by atoms with E-state index in [1.165, 1.54) is 0 Å². The molecule has 1 amide bonds. The fourth-order valence-electron chi connectivity index (χ4n) is 2.74. The third-order valence-electron chi connectivity index (χ3n) is 4.12. The van der Waals surface area contributed by atoms with Gasteiger partial charge in [0.15, 0.2) is 0 Å². The van der Waals surface area contributed by atoms with E-state index >= 15 is 0 Å². The van der Waals surface area contributed by atoms with Crippen molar-refractivity contribution in [2.24, 2.45) is 7.05 Å². The Hall–Kier alpha value is -2.83. The molecule has 0 fully saturated rings. The van der Waals surface area contributed by atoms with Crippen molar-refractivity contribution >= 4 is 5.91 Å². The first kappa shape index (κ1) is 16.0. The number of H-pyrrole nitrogens is 1. The fraction of sp³-hybridized carbons (Fsp3) is 0.353. The zero-order valence-electron chi connectivity index (χ0n) is 14.5. The number of nitrogens with one attached hydrogen (secondary N) is 2. The second-order valence-corrected chi connectivity index (χ2v) is 5.98. The van der Waals surface area contributed by atoms with Gasteiger partial charge in [0.25, 0.3) is 5.91 Å². The highest BCUT2D eigenvalue weighted by molar-refractivity contribution is 5.93. The number of carbonyl (C=O) groups is 1. The number of aryl methyl sites for hydroxylation is 3. The number of rotatable bonds is 4. The van der Waals surface area contributed by atoms with Crippen LogP contribution in [0.4, 0.5) is 0 Å². The van der Waals surface area contributed by atoms with Gasteiger partial charge in [-0.3, -0.25) is 14.6 Å². The number of nitrogens with zero attached hydrogens (tertiary/aromatic N) is 3. The summed E-state index contributed by atoms with van der Waals surface area (Å²) < 4.78 is 7.35. The molecule has 0 aliphatic carbocycles. The van der Waals surface area contributed by atoms with Crippen LogP contribution in [0.15, 0.2) is 22.6 Å². The highest BCUT2D eigenvalue weighted by atomic mass is 16.3. The first-order valence-electron chi connectivity index (χ1n) is 7.80. The predicted octanol–water partition coefficient (Wildman–Crippen LogP) is 2.82. The van der Waals surface area contributed by atoms with Gasteiger partial charge in [-0.1, -0.05) is 0 Å². The smallest absolute Gasteiger partial charge is 0.269 e. The number of carbonyl (C=O) groups excluding carboxylic acids is 1. The molecule has 3 aromatic heterocycles. The normalized spacial score (nSPS) is 12.4. The van der Waals surface area contributed by atoms with E-state index in [4.69, 9.17) is 4.42 Å². The number of furan rings is 1. The third-order valence-corrected chi connectivity index (χ3v) is 4.12. The molecule has 0 radical (unpaired) electrons. The standard InChI is InChI=1S/C17H21N5O2/c1-9-6-7-15(24-9)10(2)18-17(23)14-8-13(19-20-14)16-11(3)21-22(5)12(16)4/h6-8,10H,1-5H3,(H,18,23)(H,19,20). The summed E-state index contributed by atoms with van der Waals surface area (Å²) in [7, 11) is 1.89. The lowest BCUT2D eigenvalue weighted by Gasteiger charge is -2.10. The Labute approximate surface area is 140 Å². The zero-order chi connectivity index (χ0) is 17.4. The van der Waals surface area contributed by atoms with E-state index in [1.54, 1.807) is 10.7 Å². The molecule has 7 heteroatoms. The molecule has 3 heterocycles. The van der Waals surface area contributed by atoms with Gasteiger partial charge in [0.05, 0.1) is 17.4 Å². The van der Waals surface area contributed by atoms with Crippen LogP contribution in [0.25, 0.3) is 11.3 Å². The molecule has 1 unspecified atom stereocenters. The molecule has 0 aromatic carbocycles. The Morgan fingerprint density at radius 3 is 2.67 bits per heavy atom. The van der Waals surface area contributed by atoms with Crippen LogP contribution in [0, 0.1) is 20.8 Å². The summed E-state index contributed by atoms with van der Waals surface area (Å²) in [6.45, 7) is 7.66. The van der Waals surface area contributed by atoms with Crippen molar-refractivity contribution in [1.29, 1.82) is 0 Å². The maximum absolute atomic E-state index is 12.4. The van der Waals surface area contributed by atoms with E-state index in [0.717, 1.165) is 28.5 Å². The minimum absolute atomic E-state index is 0.222. The number of hydrogen-bond acceptors (Lipinski definition) is 4. The Kier molecular flexibility index (Phi) is 4.01. The number of aromatic amines is 1. The fourth-order valence-corrected chi connectivity index (χ4v) is 2.74. The molecular formula is C17H21N5O2. The molecule has 0 aliphatic rings. The van der Waals surface area contributed by atoms with Crippen LogP contribution >= 0.6 is 0 Å². The van der Waals surface area contributed by atoms with Gasteiger partial charge >= 0.3 is 0 Å². The molecule has 24 heavy (non-hydrogen) atoms. The van der Waals surface area contributed by atoms with Crippen LogP contribution in [0.1, 0.15) is 46.4 Å². The minimum Gasteiger partial charge on any atom is -0.464 e. The van der Waals surface area contributed by atoms with Crippen LogP contribution in [0.2, 0.25) is 0 Å². The van der Waals surface area contributed by atoms with Gasteiger partial charge < -0.3 is 9.73 Å². The van der Waals surface area contributed by atoms with E-state index < -0.39 is 0 Å². The summed E-state index contributed by atoms with van der Waals surface area (Å²) in [5, 5.41) is 14.3. The minimum atomic E-state index is -0.227. The molecule has 0 spiro atoms. The van der Waals surface area contributed by atoms with Crippen LogP contribution in [-0.2, 0) is 7.05 Å². The van der Waals surface area contributed by atoms with E-state index in [-0.39, 0.29) is 11.9 Å². The Bertz CT molecular complexity index is 887. The molecule has 0 aliphatic heterocycles. The molecule has 0 bridgehead atoms. The van der Waals surface area contributed by atoms with Gasteiger partial charge in [0, 0.05) is 18.3 Å². The molecule has 3 aromatic rings. The average Bonchev–Trinajstić information content (AvgIpc) is 3.21. The van der Waals surface area contributed by atoms with Crippen molar-refractivity contribution < 1.29 is 9.21 Å². The molecule has 1 atom stereocenters. The molecular weight excluding hydrogens is 306 g/mol. The summed E-state index contributed by atoms with van der Waals surface area (Å²) >= 11 is 0. The largest absolute Gasteiger partial charge is 0.464 e. The maximum atomic E-state index is 12.4. The van der Waals surface area contributed by atoms with E-state index in [9.17, 15) is 4.79 Å². The molecule has 0 saturated carbocycles. The molecule has 0 saturated heterocycles. The van der Waals surface area contributed by atoms with Crippen molar-refractivity contribution in [2.75, 3.05) is 0 Å². The van der Waals surface area contributed by atoms with Gasteiger partial charge in [-0.05, 0) is 45.9 Å². The molecule has 3 rings (SSSR count). The zero-order valence-corrected chi connectivity index (χ0v) is 14.5. The number of hydrogen-bond donors (Lipinski definition) is 2. The van der Waals surface area contributed by atoms with Crippen LogP contribution in [0.5, 0.6) is 0 Å². The predicted molar refractivity (Wildman–Crippen MR) is 89.6 cm³/mol. The second kappa shape index (κ2) is 5.99. The lowest BCUT2D eigenvalue weighted by Crippen LogP contribution is -2.26. The Balaban J connectivity index is 1.79. The summed E-state index contributed by atoms with van der Waals surface area (Å²) in [6.07, 6.45) is 0. The summed E-state index contributed by atoms with van der Waals surface area (Å²) in [6, 6.07) is 5.26. The van der Waals surface area contributed by atoms with E-state index in [1.807, 2.05) is 46.9 Å². The van der Waals surface area contributed by atoms with Gasteiger partial charge in [-0.2, -0.15) is 10.2 Å². The summed E-state index contributed by atoms with van der Waals surface area (Å²) in [5.74, 6) is 1.31. The Morgan fingerprint density at radius 2 is 2.08 bits per heavy atom. The second-order valence-electron chi connectivity index (χ2n) is 5.98. The van der Waals surface area contributed by atoms with Gasteiger partial charge in [0.1, 0.15) is 17.2 Å². The highest BCUT2D eigenvalue weighted by Crippen LogP contribution is 2.25. The lowest BCUT2D eigenvalue weighted by atomic mass is 10.1. The van der Waals surface area contributed by atoms with Crippen LogP contribution in [0.3, 0.4) is 0 Å². The first-order chi connectivity index (χ1) is 11.4. The van der Waals surface area contributed by atoms with Gasteiger partial charge in [-0.15, -0.1) is 0 Å². The topological polar surface area (TPSA) is 88.7 Å². The monoisotopic (exact) mass is 327 g/mol. The van der Waals surface area contributed by atoms with Crippen molar-refractivity contribution in [3.8, 4) is 11.3 Å². The summed E-state index contributed by atoms with van der Waals surface area (Å²) in [5.41, 5.74) is 3.95. The molecule has 7 nitrogen and oxygen atoms in total. The van der Waals surface area contributed by atoms with E-state index in [0.29, 0.717) is 11.4 Å². The number of aromatic nitrogens is 4. The Morgan fingerprint density at radius 1 is 1.33 bits per heavy atom. The van der Waals surface area contributed by atoms with E-state index in [2.05, 4.69) is 20.6 Å². The molecule has 126 valence electrons. The highest BCUT2D eigenvalue weighted by Gasteiger charge is 2.19. The van der Waals surface area contributed by atoms with Crippen LogP contribution < -0.4 is 5.32 Å². The summed E-state index contributed by atoms with van der Waals surface area (Å²) in [4.78, 5) is 12.4. The number of amides is 1. The lowest BCUT2D eigenvalue weighted by molar-refractivity contribution is 0.0930. The van der Waals surface area contributed by atoms with Crippen molar-refractivity contribution in [3.63, 3.8) is 0 Å². The van der Waals surface area contributed by atoms with Crippen molar-refractivity contribution in [3.05, 3.63) is 46.8 Å². The van der Waals surface area contributed by atoms with Crippen LogP contribution in [-0.4, -0.2) is 25.9 Å². The van der Waals surface area contributed by atoms with Gasteiger partial charge in [0.2, 0.25) is 0 Å². The average molecular weight is 327 g/mol. The molecule has 2 N–H and O–H groups in total. The van der Waals surface area contributed by atoms with Crippen molar-refractivity contribution in [2.45, 2.75) is 33.7 Å². The van der Waals surface area contributed by atoms with Gasteiger partial charge in [-0.25, -0.2) is 0 Å². The quantitative estimate of drug-likeness (QED) is 0.771. The first-order valence-corrected chi connectivity index (χ1v) is 7.80. The SMILES string of the molecule is Cc1ccc(C(C)NC(=O)c2cc(-c3c(C)nn(C)c3C)n[nH]2)o1. The van der Waals surface area contributed by atoms with Crippen molar-refractivity contribution in [1.82, 2.24) is 25.3 Å². The third kappa shape index (κ3) is 2.84.